The van der Waals surface area contributed by atoms with Gasteiger partial charge in [-0.05, 0) is 35.2 Å². The second-order valence-electron chi connectivity index (χ2n) is 6.04. The van der Waals surface area contributed by atoms with Crippen molar-refractivity contribution in [3.8, 4) is 5.75 Å². The maximum Gasteiger partial charge on any atom is 0.318 e. The number of benzene rings is 2. The minimum Gasteiger partial charge on any atom is -0.497 e. The van der Waals surface area contributed by atoms with Crippen LogP contribution in [0.2, 0.25) is 0 Å². The van der Waals surface area contributed by atoms with Crippen LogP contribution in [-0.4, -0.2) is 44.8 Å². The second kappa shape index (κ2) is 8.03. The van der Waals surface area contributed by atoms with Gasteiger partial charge < -0.3 is 19.7 Å². The number of carbonyl (C=O) groups excluding carboxylic acids is 1. The maximum atomic E-state index is 12.7. The summed E-state index contributed by atoms with van der Waals surface area (Å²) in [7, 11) is 3.28. The molecule has 132 valence electrons. The summed E-state index contributed by atoms with van der Waals surface area (Å²) in [6, 6.07) is 16.1. The van der Waals surface area contributed by atoms with Crippen LogP contribution < -0.4 is 10.1 Å². The molecule has 0 aliphatic carbocycles. The zero-order chi connectivity index (χ0) is 17.6. The van der Waals surface area contributed by atoms with E-state index in [0.29, 0.717) is 19.7 Å². The highest BCUT2D eigenvalue weighted by atomic mass is 16.5. The number of hydrogen-bond acceptors (Lipinski definition) is 3. The van der Waals surface area contributed by atoms with Crippen LogP contribution in [-0.2, 0) is 11.2 Å². The molecule has 2 amide bonds. The SMILES string of the molecule is COCCNC(=O)N1CCc2ccccc2C1c1ccc(OC)cc1. The normalized spacial score (nSPS) is 16.2. The number of nitrogens with zero attached hydrogens (tertiary/aromatic N) is 1. The smallest absolute Gasteiger partial charge is 0.318 e. The third kappa shape index (κ3) is 3.77. The molecule has 0 aromatic heterocycles. The molecule has 0 bridgehead atoms. The Bertz CT molecular complexity index is 715. The molecule has 0 saturated carbocycles. The average Bonchev–Trinajstić information content (AvgIpc) is 2.67. The van der Waals surface area contributed by atoms with E-state index in [1.165, 1.54) is 11.1 Å². The summed E-state index contributed by atoms with van der Waals surface area (Å²) in [5.41, 5.74) is 3.56. The molecule has 2 aromatic rings. The fraction of sp³-hybridized carbons (Fsp3) is 0.350. The fourth-order valence-corrected chi connectivity index (χ4v) is 3.29. The zero-order valence-corrected chi connectivity index (χ0v) is 14.7. The number of methoxy groups -OCH3 is 2. The van der Waals surface area contributed by atoms with E-state index in [1.54, 1.807) is 14.2 Å². The number of fused-ring (bicyclic) bond motifs is 1. The van der Waals surface area contributed by atoms with Gasteiger partial charge in [-0.2, -0.15) is 0 Å². The van der Waals surface area contributed by atoms with E-state index in [4.69, 9.17) is 9.47 Å². The van der Waals surface area contributed by atoms with Gasteiger partial charge in [0, 0.05) is 20.2 Å². The standard InChI is InChI=1S/C20H24N2O3/c1-24-14-12-21-20(23)22-13-11-15-5-3-4-6-18(15)19(22)16-7-9-17(25-2)10-8-16/h3-10,19H,11-14H2,1-2H3,(H,21,23). The quantitative estimate of drug-likeness (QED) is 0.851. The summed E-state index contributed by atoms with van der Waals surface area (Å²) in [4.78, 5) is 14.6. The van der Waals surface area contributed by atoms with Gasteiger partial charge in [0.15, 0.2) is 0 Å². The molecule has 0 fully saturated rings. The van der Waals surface area contributed by atoms with Crippen LogP contribution in [0.3, 0.4) is 0 Å². The summed E-state index contributed by atoms with van der Waals surface area (Å²) in [5, 5.41) is 2.94. The molecule has 1 unspecified atom stereocenters. The molecule has 1 N–H and O–H groups in total. The lowest BCUT2D eigenvalue weighted by atomic mass is 9.88. The molecule has 5 heteroatoms. The van der Waals surface area contributed by atoms with E-state index in [0.717, 1.165) is 17.7 Å². The first-order valence-corrected chi connectivity index (χ1v) is 8.49. The Kier molecular flexibility index (Phi) is 5.56. The van der Waals surface area contributed by atoms with Gasteiger partial charge in [-0.1, -0.05) is 36.4 Å². The number of urea groups is 1. The highest BCUT2D eigenvalue weighted by Crippen LogP contribution is 2.35. The minimum absolute atomic E-state index is 0.0626. The molecule has 1 aliphatic heterocycles. The van der Waals surface area contributed by atoms with Crippen molar-refractivity contribution in [2.24, 2.45) is 0 Å². The number of rotatable bonds is 5. The van der Waals surface area contributed by atoms with Gasteiger partial charge in [-0.3, -0.25) is 0 Å². The second-order valence-corrected chi connectivity index (χ2v) is 6.04. The van der Waals surface area contributed by atoms with E-state index < -0.39 is 0 Å². The Labute approximate surface area is 148 Å². The first-order valence-electron chi connectivity index (χ1n) is 8.49. The predicted molar refractivity (Wildman–Crippen MR) is 97.0 cm³/mol. The van der Waals surface area contributed by atoms with E-state index in [2.05, 4.69) is 23.5 Å². The molecular weight excluding hydrogens is 316 g/mol. The average molecular weight is 340 g/mol. The number of ether oxygens (including phenoxy) is 2. The Hall–Kier alpha value is -2.53. The first kappa shape index (κ1) is 17.3. The molecule has 1 heterocycles. The molecule has 25 heavy (non-hydrogen) atoms. The van der Waals surface area contributed by atoms with Gasteiger partial charge in [0.1, 0.15) is 5.75 Å². The predicted octanol–water partition coefficient (Wildman–Crippen LogP) is 3.00. The van der Waals surface area contributed by atoms with Crippen LogP contribution in [0.25, 0.3) is 0 Å². The van der Waals surface area contributed by atoms with Crippen molar-refractivity contribution in [1.29, 1.82) is 0 Å². The molecule has 2 aromatic carbocycles. The Morgan fingerprint density at radius 3 is 2.64 bits per heavy atom. The first-order chi connectivity index (χ1) is 12.2. The van der Waals surface area contributed by atoms with E-state index in [-0.39, 0.29) is 12.1 Å². The summed E-state index contributed by atoms with van der Waals surface area (Å²) >= 11 is 0. The van der Waals surface area contributed by atoms with Crippen LogP contribution >= 0.6 is 0 Å². The Morgan fingerprint density at radius 2 is 1.92 bits per heavy atom. The number of hydrogen-bond donors (Lipinski definition) is 1. The van der Waals surface area contributed by atoms with Crippen LogP contribution in [0.15, 0.2) is 48.5 Å². The molecule has 5 nitrogen and oxygen atoms in total. The molecular formula is C20H24N2O3. The van der Waals surface area contributed by atoms with E-state index in [1.807, 2.05) is 35.2 Å². The van der Waals surface area contributed by atoms with Crippen molar-refractivity contribution >= 4 is 6.03 Å². The zero-order valence-electron chi connectivity index (χ0n) is 14.7. The van der Waals surface area contributed by atoms with Gasteiger partial charge in [-0.25, -0.2) is 4.79 Å². The third-order valence-corrected chi connectivity index (χ3v) is 4.56. The molecule has 3 rings (SSSR count). The van der Waals surface area contributed by atoms with Crippen molar-refractivity contribution in [1.82, 2.24) is 10.2 Å². The van der Waals surface area contributed by atoms with Crippen molar-refractivity contribution < 1.29 is 14.3 Å². The minimum atomic E-state index is -0.0987. The van der Waals surface area contributed by atoms with Crippen molar-refractivity contribution in [2.75, 3.05) is 33.9 Å². The van der Waals surface area contributed by atoms with Gasteiger partial charge >= 0.3 is 6.03 Å². The summed E-state index contributed by atoms with van der Waals surface area (Å²) < 4.78 is 10.3. The monoisotopic (exact) mass is 340 g/mol. The fourth-order valence-electron chi connectivity index (χ4n) is 3.29. The maximum absolute atomic E-state index is 12.7. The van der Waals surface area contributed by atoms with Crippen LogP contribution in [0.5, 0.6) is 5.75 Å². The van der Waals surface area contributed by atoms with Crippen molar-refractivity contribution in [2.45, 2.75) is 12.5 Å². The third-order valence-electron chi connectivity index (χ3n) is 4.56. The number of nitrogens with one attached hydrogen (secondary N) is 1. The lowest BCUT2D eigenvalue weighted by Crippen LogP contribution is -2.46. The topological polar surface area (TPSA) is 50.8 Å². The van der Waals surface area contributed by atoms with Crippen molar-refractivity contribution in [3.63, 3.8) is 0 Å². The van der Waals surface area contributed by atoms with Gasteiger partial charge in [0.25, 0.3) is 0 Å². The Balaban J connectivity index is 1.92. The summed E-state index contributed by atoms with van der Waals surface area (Å²) in [6.07, 6.45) is 0.862. The van der Waals surface area contributed by atoms with Gasteiger partial charge in [0.05, 0.1) is 19.8 Å². The van der Waals surface area contributed by atoms with Gasteiger partial charge in [-0.15, -0.1) is 0 Å². The highest BCUT2D eigenvalue weighted by molar-refractivity contribution is 5.76. The van der Waals surface area contributed by atoms with Crippen LogP contribution in [0.4, 0.5) is 4.79 Å². The van der Waals surface area contributed by atoms with Crippen LogP contribution in [0, 0.1) is 0 Å². The lowest BCUT2D eigenvalue weighted by Gasteiger charge is -2.37. The molecule has 0 spiro atoms. The number of carbonyl (C=O) groups is 1. The van der Waals surface area contributed by atoms with Crippen molar-refractivity contribution in [3.05, 3.63) is 65.2 Å². The lowest BCUT2D eigenvalue weighted by molar-refractivity contribution is 0.168. The molecule has 0 radical (unpaired) electrons. The summed E-state index contributed by atoms with van der Waals surface area (Å²) in [6.45, 7) is 1.69. The summed E-state index contributed by atoms with van der Waals surface area (Å²) in [5.74, 6) is 0.809. The molecule has 1 atom stereocenters. The number of amides is 2. The molecule has 1 aliphatic rings. The van der Waals surface area contributed by atoms with E-state index in [9.17, 15) is 4.79 Å². The van der Waals surface area contributed by atoms with E-state index >= 15 is 0 Å². The highest BCUT2D eigenvalue weighted by Gasteiger charge is 2.31. The van der Waals surface area contributed by atoms with Crippen LogP contribution in [0.1, 0.15) is 22.7 Å². The molecule has 0 saturated heterocycles. The Morgan fingerprint density at radius 1 is 1.16 bits per heavy atom. The van der Waals surface area contributed by atoms with Gasteiger partial charge in [0.2, 0.25) is 0 Å². The largest absolute Gasteiger partial charge is 0.497 e.